The lowest BCUT2D eigenvalue weighted by molar-refractivity contribution is 0.0697. The Morgan fingerprint density at radius 2 is 1.78 bits per heavy atom. The van der Waals surface area contributed by atoms with E-state index in [9.17, 15) is 9.90 Å². The number of hydrogen-bond donors (Lipinski definition) is 2. The van der Waals surface area contributed by atoms with Gasteiger partial charge in [-0.3, -0.25) is 4.98 Å². The summed E-state index contributed by atoms with van der Waals surface area (Å²) >= 11 is 0. The van der Waals surface area contributed by atoms with E-state index in [1.165, 1.54) is 0 Å². The van der Waals surface area contributed by atoms with Gasteiger partial charge in [-0.15, -0.1) is 5.10 Å². The maximum atomic E-state index is 12.5. The molecule has 0 unspecified atom stereocenters. The van der Waals surface area contributed by atoms with Crippen LogP contribution in [0.25, 0.3) is 33.4 Å². The third kappa shape index (κ3) is 4.60. The predicted octanol–water partition coefficient (Wildman–Crippen LogP) is 6.02. The number of tetrazole rings is 1. The highest BCUT2D eigenvalue weighted by molar-refractivity contribution is 6.04. The van der Waals surface area contributed by atoms with Gasteiger partial charge in [-0.05, 0) is 64.6 Å². The molecule has 7 heteroatoms. The number of aromatic amines is 1. The Hall–Kier alpha value is -4.39. The first-order valence-electron chi connectivity index (χ1n) is 12.1. The van der Waals surface area contributed by atoms with Crippen molar-refractivity contribution in [3.8, 4) is 22.5 Å². The number of aromatic nitrogens is 5. The van der Waals surface area contributed by atoms with Gasteiger partial charge < -0.3 is 5.11 Å². The summed E-state index contributed by atoms with van der Waals surface area (Å²) < 4.78 is 0. The fourth-order valence-electron chi connectivity index (χ4n) is 4.67. The summed E-state index contributed by atoms with van der Waals surface area (Å²) in [5.41, 5.74) is 7.79. The molecule has 0 fully saturated rings. The van der Waals surface area contributed by atoms with Crippen molar-refractivity contribution in [3.05, 3.63) is 94.7 Å². The molecule has 0 radical (unpaired) electrons. The molecule has 0 saturated carbocycles. The summed E-state index contributed by atoms with van der Waals surface area (Å²) in [7, 11) is 0. The number of aromatic carboxylic acids is 1. The first-order chi connectivity index (χ1) is 17.5. The molecule has 0 saturated heterocycles. The smallest absolute Gasteiger partial charge is 0.336 e. The van der Waals surface area contributed by atoms with Gasteiger partial charge in [0.1, 0.15) is 0 Å². The minimum atomic E-state index is -0.910. The molecule has 0 aliphatic heterocycles. The molecule has 2 aromatic heterocycles. The number of pyridine rings is 1. The number of rotatable bonds is 8. The molecule has 3 aromatic carbocycles. The van der Waals surface area contributed by atoms with Crippen LogP contribution in [0, 0.1) is 6.92 Å². The van der Waals surface area contributed by atoms with E-state index in [2.05, 4.69) is 51.8 Å². The molecule has 5 rings (SSSR count). The molecule has 0 amide bonds. The van der Waals surface area contributed by atoms with Gasteiger partial charge in [0, 0.05) is 23.1 Å². The molecule has 2 heterocycles. The number of fused-ring (bicyclic) bond motifs is 1. The number of benzene rings is 3. The Balaban J connectivity index is 1.56. The number of carboxylic acids is 1. The van der Waals surface area contributed by atoms with E-state index < -0.39 is 5.97 Å². The average Bonchev–Trinajstić information content (AvgIpc) is 3.43. The number of hydrogen-bond acceptors (Lipinski definition) is 5. The normalized spacial score (nSPS) is 11.2. The highest BCUT2D eigenvalue weighted by Gasteiger charge is 2.21. The molecular formula is C29H27N5O2. The van der Waals surface area contributed by atoms with Crippen LogP contribution in [-0.4, -0.2) is 36.7 Å². The summed E-state index contributed by atoms with van der Waals surface area (Å²) in [6.45, 7) is 4.11. The van der Waals surface area contributed by atoms with Crippen molar-refractivity contribution >= 4 is 16.9 Å². The monoisotopic (exact) mass is 477 g/mol. The quantitative estimate of drug-likeness (QED) is 0.283. The van der Waals surface area contributed by atoms with Gasteiger partial charge in [0.05, 0.1) is 11.1 Å². The second-order valence-corrected chi connectivity index (χ2v) is 9.01. The second kappa shape index (κ2) is 10.1. The van der Waals surface area contributed by atoms with Crippen LogP contribution in [0.4, 0.5) is 0 Å². The van der Waals surface area contributed by atoms with Crippen LogP contribution in [0.3, 0.4) is 0 Å². The van der Waals surface area contributed by atoms with Gasteiger partial charge >= 0.3 is 5.97 Å². The third-order valence-corrected chi connectivity index (χ3v) is 6.48. The molecule has 7 nitrogen and oxygen atoms in total. The van der Waals surface area contributed by atoms with Crippen LogP contribution < -0.4 is 0 Å². The van der Waals surface area contributed by atoms with E-state index in [-0.39, 0.29) is 0 Å². The zero-order valence-corrected chi connectivity index (χ0v) is 20.3. The van der Waals surface area contributed by atoms with Crippen LogP contribution >= 0.6 is 0 Å². The Kier molecular flexibility index (Phi) is 6.54. The molecule has 0 aliphatic rings. The van der Waals surface area contributed by atoms with E-state index in [1.54, 1.807) is 0 Å². The van der Waals surface area contributed by atoms with Gasteiger partial charge in [0.15, 0.2) is 5.82 Å². The molecule has 2 N–H and O–H groups in total. The maximum absolute atomic E-state index is 12.5. The molecule has 0 bridgehead atoms. The molecule has 0 atom stereocenters. The largest absolute Gasteiger partial charge is 0.478 e. The van der Waals surface area contributed by atoms with Crippen LogP contribution in [-0.2, 0) is 12.8 Å². The zero-order chi connectivity index (χ0) is 25.1. The number of carboxylic acid groups (broad SMARTS) is 1. The van der Waals surface area contributed by atoms with E-state index in [0.29, 0.717) is 23.2 Å². The lowest BCUT2D eigenvalue weighted by Gasteiger charge is -2.16. The fraction of sp³-hybridized carbons (Fsp3) is 0.207. The molecule has 180 valence electrons. The zero-order valence-electron chi connectivity index (χ0n) is 20.3. The van der Waals surface area contributed by atoms with Gasteiger partial charge in [0.2, 0.25) is 0 Å². The minimum Gasteiger partial charge on any atom is -0.478 e. The lowest BCUT2D eigenvalue weighted by atomic mass is 9.91. The third-order valence-electron chi connectivity index (χ3n) is 6.48. The average molecular weight is 478 g/mol. The first-order valence-corrected chi connectivity index (χ1v) is 12.1. The number of nitrogens with one attached hydrogen (secondary N) is 1. The summed E-state index contributed by atoms with van der Waals surface area (Å²) in [5.74, 6) is -0.300. The van der Waals surface area contributed by atoms with Crippen molar-refractivity contribution in [2.45, 2.75) is 39.5 Å². The molecule has 36 heavy (non-hydrogen) atoms. The van der Waals surface area contributed by atoms with Gasteiger partial charge in [-0.25, -0.2) is 9.89 Å². The van der Waals surface area contributed by atoms with Crippen LogP contribution in [0.5, 0.6) is 0 Å². The number of unbranched alkanes of at least 4 members (excludes halogenated alkanes) is 1. The topological polar surface area (TPSA) is 105 Å². The summed E-state index contributed by atoms with van der Waals surface area (Å²) in [6.07, 6.45) is 3.24. The molecule has 0 spiro atoms. The van der Waals surface area contributed by atoms with E-state index in [1.807, 2.05) is 49.4 Å². The first kappa shape index (κ1) is 23.4. The van der Waals surface area contributed by atoms with Crippen molar-refractivity contribution in [3.63, 3.8) is 0 Å². The minimum absolute atomic E-state index is 0.363. The fourth-order valence-corrected chi connectivity index (χ4v) is 4.67. The van der Waals surface area contributed by atoms with Gasteiger partial charge in [-0.1, -0.05) is 73.5 Å². The van der Waals surface area contributed by atoms with Crippen molar-refractivity contribution in [2.75, 3.05) is 0 Å². The predicted molar refractivity (Wildman–Crippen MR) is 140 cm³/mol. The van der Waals surface area contributed by atoms with Crippen molar-refractivity contribution in [1.82, 2.24) is 25.6 Å². The maximum Gasteiger partial charge on any atom is 0.336 e. The summed E-state index contributed by atoms with van der Waals surface area (Å²) in [6, 6.07) is 22.0. The van der Waals surface area contributed by atoms with Gasteiger partial charge in [0.25, 0.3) is 0 Å². The number of nitrogens with zero attached hydrogens (tertiary/aromatic N) is 4. The number of carbonyl (C=O) groups is 1. The second-order valence-electron chi connectivity index (χ2n) is 9.01. The summed E-state index contributed by atoms with van der Waals surface area (Å²) in [4.78, 5) is 17.4. The molecule has 5 aromatic rings. The Bertz CT molecular complexity index is 1530. The van der Waals surface area contributed by atoms with Crippen molar-refractivity contribution < 1.29 is 9.90 Å². The van der Waals surface area contributed by atoms with Crippen LogP contribution in [0.15, 0.2) is 66.7 Å². The van der Waals surface area contributed by atoms with Gasteiger partial charge in [-0.2, -0.15) is 0 Å². The van der Waals surface area contributed by atoms with Crippen molar-refractivity contribution in [1.29, 1.82) is 0 Å². The van der Waals surface area contributed by atoms with Crippen LogP contribution in [0.2, 0.25) is 0 Å². The highest BCUT2D eigenvalue weighted by atomic mass is 16.4. The Labute approximate surface area is 209 Å². The standard InChI is InChI=1S/C29H27N5O2/c1-3-4-9-25-24(27(29(35)36)23-16-18(2)10-15-26(23)30-25)17-19-11-13-20(14-12-19)21-7-5-6-8-22(21)28-31-33-34-32-28/h5-8,10-16H,3-4,9,17H2,1-2H3,(H,35,36)(H,31,32,33,34). The van der Waals surface area contributed by atoms with E-state index in [4.69, 9.17) is 4.98 Å². The summed E-state index contributed by atoms with van der Waals surface area (Å²) in [5, 5.41) is 25.2. The SMILES string of the molecule is CCCCc1nc2ccc(C)cc2c(C(=O)O)c1Cc1ccc(-c2ccccc2-c2nnn[nH]2)cc1. The van der Waals surface area contributed by atoms with Crippen LogP contribution in [0.1, 0.15) is 52.5 Å². The molecule has 0 aliphatic carbocycles. The lowest BCUT2D eigenvalue weighted by Crippen LogP contribution is -2.11. The highest BCUT2D eigenvalue weighted by Crippen LogP contribution is 2.31. The van der Waals surface area contributed by atoms with E-state index >= 15 is 0 Å². The number of aryl methyl sites for hydroxylation is 2. The Morgan fingerprint density at radius 1 is 1.00 bits per heavy atom. The Morgan fingerprint density at radius 3 is 2.47 bits per heavy atom. The van der Waals surface area contributed by atoms with E-state index in [0.717, 1.165) is 63.9 Å². The van der Waals surface area contributed by atoms with Crippen molar-refractivity contribution in [2.24, 2.45) is 0 Å². The molecular weight excluding hydrogens is 450 g/mol. The number of H-pyrrole nitrogens is 1.